The maximum absolute atomic E-state index is 3.90. The van der Waals surface area contributed by atoms with Crippen molar-refractivity contribution in [3.63, 3.8) is 0 Å². The monoisotopic (exact) mass is 256 g/mol. The van der Waals surface area contributed by atoms with Crippen molar-refractivity contribution in [3.05, 3.63) is 59.4 Å². The van der Waals surface area contributed by atoms with E-state index in [0.717, 1.165) is 12.0 Å². The Kier molecular flexibility index (Phi) is 12.5. The number of hydrogen-bond acceptors (Lipinski definition) is 0. The molecule has 20 heavy (non-hydrogen) atoms. The van der Waals surface area contributed by atoms with E-state index in [-0.39, 0.29) is 37.7 Å². The minimum absolute atomic E-state index is 0. The number of aryl methyl sites for hydroxylation is 1. The van der Waals surface area contributed by atoms with Crippen molar-refractivity contribution >= 4 is 43.3 Å². The van der Waals surface area contributed by atoms with Crippen LogP contribution in [0.1, 0.15) is 44.7 Å². The number of rotatable bonds is 5. The molecule has 0 amide bonds. The zero-order chi connectivity index (χ0) is 13.5. The van der Waals surface area contributed by atoms with Crippen LogP contribution in [-0.4, -0.2) is 37.7 Å². The van der Waals surface area contributed by atoms with E-state index >= 15 is 0 Å². The third-order valence-corrected chi connectivity index (χ3v) is 3.14. The van der Waals surface area contributed by atoms with Gasteiger partial charge in [-0.1, -0.05) is 62.2 Å². The van der Waals surface area contributed by atoms with Crippen LogP contribution in [0.4, 0.5) is 0 Å². The number of benzene rings is 1. The fraction of sp³-hybridized carbons (Fsp3) is 0.389. The molecular formula is C18H26Li2. The molecule has 0 radical (unpaired) electrons. The van der Waals surface area contributed by atoms with Gasteiger partial charge in [0.2, 0.25) is 0 Å². The van der Waals surface area contributed by atoms with Gasteiger partial charge in [0.25, 0.3) is 0 Å². The average molecular weight is 256 g/mol. The van der Waals surface area contributed by atoms with Crippen molar-refractivity contribution in [1.29, 1.82) is 0 Å². The summed E-state index contributed by atoms with van der Waals surface area (Å²) >= 11 is 0. The molecule has 0 nitrogen and oxygen atoms in total. The Balaban J connectivity index is 0. The summed E-state index contributed by atoms with van der Waals surface area (Å²) in [6, 6.07) is 8.70. The van der Waals surface area contributed by atoms with Crippen LogP contribution in [0.2, 0.25) is 0 Å². The van der Waals surface area contributed by atoms with Crippen molar-refractivity contribution in [1.82, 2.24) is 0 Å². The molecule has 0 spiro atoms. The van der Waals surface area contributed by atoms with Crippen LogP contribution in [0.3, 0.4) is 0 Å². The molecule has 0 aliphatic heterocycles. The first-order valence-corrected chi connectivity index (χ1v) is 6.71. The van der Waals surface area contributed by atoms with Gasteiger partial charge in [0.05, 0.1) is 0 Å². The van der Waals surface area contributed by atoms with Crippen LogP contribution in [-0.2, 0) is 0 Å². The van der Waals surface area contributed by atoms with Gasteiger partial charge in [0.15, 0.2) is 0 Å². The molecule has 1 aromatic carbocycles. The van der Waals surface area contributed by atoms with E-state index in [9.17, 15) is 0 Å². The molecule has 0 saturated heterocycles. The summed E-state index contributed by atoms with van der Waals surface area (Å²) in [5.41, 5.74) is 8.32. The summed E-state index contributed by atoms with van der Waals surface area (Å²) in [4.78, 5) is 0. The maximum atomic E-state index is 3.90. The van der Waals surface area contributed by atoms with Gasteiger partial charge >= 0.3 is 37.7 Å². The van der Waals surface area contributed by atoms with Crippen molar-refractivity contribution in [3.8, 4) is 0 Å². The van der Waals surface area contributed by atoms with E-state index in [4.69, 9.17) is 0 Å². The van der Waals surface area contributed by atoms with Crippen molar-refractivity contribution < 1.29 is 0 Å². The van der Waals surface area contributed by atoms with Crippen molar-refractivity contribution in [2.24, 2.45) is 5.92 Å². The Morgan fingerprint density at radius 1 is 1.25 bits per heavy atom. The van der Waals surface area contributed by atoms with Crippen LogP contribution in [0.5, 0.6) is 0 Å². The molecule has 1 aromatic rings. The molecule has 2 heteroatoms. The van der Waals surface area contributed by atoms with E-state index in [1.165, 1.54) is 23.1 Å². The Bertz CT molecular complexity index is 463. The minimum atomic E-state index is 0. The van der Waals surface area contributed by atoms with Crippen molar-refractivity contribution in [2.45, 2.75) is 40.5 Å². The molecule has 100 valence electrons. The Morgan fingerprint density at radius 3 is 2.25 bits per heavy atom. The standard InChI is InChI=1S/C18H24.2Li.2H/c1-6-15(4)13-18(10-7-14(2)3)17-11-8-16(5)9-12-17;;;;/h7-9,11-12,15H,2,6,13H2,1,3-5H3;;;;. The van der Waals surface area contributed by atoms with Gasteiger partial charge in [-0.3, -0.25) is 0 Å². The van der Waals surface area contributed by atoms with Crippen LogP contribution >= 0.6 is 0 Å². The molecule has 0 aliphatic rings. The van der Waals surface area contributed by atoms with Gasteiger partial charge in [-0.25, -0.2) is 0 Å². The molecule has 0 aromatic heterocycles. The third-order valence-electron chi connectivity index (χ3n) is 3.14. The summed E-state index contributed by atoms with van der Waals surface area (Å²) in [5.74, 6) is 0.687. The van der Waals surface area contributed by atoms with E-state index in [1.54, 1.807) is 0 Å². The van der Waals surface area contributed by atoms with E-state index < -0.39 is 0 Å². The summed E-state index contributed by atoms with van der Waals surface area (Å²) in [7, 11) is 0. The summed E-state index contributed by atoms with van der Waals surface area (Å²) < 4.78 is 0. The topological polar surface area (TPSA) is 0 Å². The van der Waals surface area contributed by atoms with Crippen LogP contribution in [0.25, 0.3) is 5.57 Å². The Labute approximate surface area is 148 Å². The second-order valence-electron chi connectivity index (χ2n) is 5.20. The average Bonchev–Trinajstić information content (AvgIpc) is 2.35. The van der Waals surface area contributed by atoms with Gasteiger partial charge in [0, 0.05) is 5.57 Å². The first-order chi connectivity index (χ1) is 8.52. The Morgan fingerprint density at radius 2 is 1.80 bits per heavy atom. The molecule has 1 unspecified atom stereocenters. The summed E-state index contributed by atoms with van der Waals surface area (Å²) in [5, 5.41) is 0. The fourth-order valence-electron chi connectivity index (χ4n) is 1.72. The van der Waals surface area contributed by atoms with Gasteiger partial charge in [0.1, 0.15) is 0 Å². The van der Waals surface area contributed by atoms with Gasteiger partial charge < -0.3 is 0 Å². The van der Waals surface area contributed by atoms with Crippen molar-refractivity contribution in [2.75, 3.05) is 0 Å². The molecule has 0 fully saturated rings. The predicted molar refractivity (Wildman–Crippen MR) is 95.9 cm³/mol. The molecule has 0 saturated carbocycles. The first kappa shape index (κ1) is 22.0. The van der Waals surface area contributed by atoms with Gasteiger partial charge in [-0.15, -0.1) is 5.73 Å². The molecule has 1 atom stereocenters. The van der Waals surface area contributed by atoms with Crippen LogP contribution in [0.15, 0.2) is 48.2 Å². The SMILES string of the molecule is C=C(C)C=C=C(CC(C)CC)c1ccc(C)cc1.[LiH].[LiH]. The van der Waals surface area contributed by atoms with Crippen LogP contribution in [0, 0.1) is 12.8 Å². The van der Waals surface area contributed by atoms with E-state index in [2.05, 4.69) is 57.3 Å². The molecule has 0 bridgehead atoms. The zero-order valence-corrected chi connectivity index (χ0v) is 12.1. The van der Waals surface area contributed by atoms with E-state index in [1.807, 2.05) is 13.0 Å². The molecule has 0 heterocycles. The zero-order valence-electron chi connectivity index (χ0n) is 12.1. The molecule has 1 rings (SSSR count). The van der Waals surface area contributed by atoms with Gasteiger partial charge in [-0.2, -0.15) is 0 Å². The molecular weight excluding hydrogens is 230 g/mol. The number of hydrogen-bond donors (Lipinski definition) is 0. The predicted octanol–water partition coefficient (Wildman–Crippen LogP) is 4.25. The van der Waals surface area contributed by atoms with E-state index in [0.29, 0.717) is 5.92 Å². The summed E-state index contributed by atoms with van der Waals surface area (Å²) in [6.07, 6.45) is 4.25. The quantitative estimate of drug-likeness (QED) is 0.420. The molecule has 0 aliphatic carbocycles. The second kappa shape index (κ2) is 11.3. The Hall–Kier alpha value is -0.325. The third kappa shape index (κ3) is 8.07. The fourth-order valence-corrected chi connectivity index (χ4v) is 1.72. The van der Waals surface area contributed by atoms with Crippen LogP contribution < -0.4 is 0 Å². The second-order valence-corrected chi connectivity index (χ2v) is 5.20. The van der Waals surface area contributed by atoms with Gasteiger partial charge in [-0.05, 0) is 37.8 Å². The summed E-state index contributed by atoms with van der Waals surface area (Å²) in [6.45, 7) is 12.5. The normalized spacial score (nSPS) is 10.4. The number of allylic oxidation sites excluding steroid dienone is 2. The first-order valence-electron chi connectivity index (χ1n) is 6.71. The molecule has 0 N–H and O–H groups in total.